The summed E-state index contributed by atoms with van der Waals surface area (Å²) in [6.07, 6.45) is -3.36. The molecule has 0 fully saturated rings. The maximum Gasteiger partial charge on any atom is 0.333 e. The number of aliphatic hydroxyl groups excluding tert-OH is 2. The number of carbonyl (C=O) groups excluding carboxylic acids is 1. The van der Waals surface area contributed by atoms with E-state index in [0.29, 0.717) is 5.57 Å². The molecule has 0 spiro atoms. The number of hydrogen-bond donors (Lipinski definition) is 3. The lowest BCUT2D eigenvalue weighted by atomic mass is 10.2. The maximum atomic E-state index is 11.2. The molecule has 0 bridgehead atoms. The van der Waals surface area contributed by atoms with Crippen LogP contribution in [-0.2, 0) is 9.53 Å². The Bertz CT molecular complexity index is 227. The molecule has 0 aliphatic rings. The third-order valence-electron chi connectivity index (χ3n) is 1.79. The molecule has 14 heavy (non-hydrogen) atoms. The number of allylic oxidation sites excluding steroid dienone is 1. The molecular weight excluding hydrogens is 188 g/mol. The zero-order valence-electron chi connectivity index (χ0n) is 8.52. The van der Waals surface area contributed by atoms with Crippen molar-refractivity contribution in [1.29, 1.82) is 0 Å². The van der Waals surface area contributed by atoms with E-state index >= 15 is 0 Å². The Morgan fingerprint density at radius 3 is 2.07 bits per heavy atom. The molecule has 1 unspecified atom stereocenters. The molecule has 0 aromatic heterocycles. The Morgan fingerprint density at radius 2 is 1.71 bits per heavy atom. The van der Waals surface area contributed by atoms with Crippen LogP contribution in [0.25, 0.3) is 0 Å². The molecule has 0 aromatic carbocycles. The van der Waals surface area contributed by atoms with Crippen LogP contribution < -0.4 is 0 Å². The molecule has 0 amide bonds. The lowest BCUT2D eigenvalue weighted by molar-refractivity contribution is -0.159. The van der Waals surface area contributed by atoms with E-state index in [4.69, 9.17) is 15.3 Å². The fraction of sp³-hybridized carbons (Fsp3) is 0.667. The predicted molar refractivity (Wildman–Crippen MR) is 49.2 cm³/mol. The van der Waals surface area contributed by atoms with Gasteiger partial charge < -0.3 is 20.1 Å². The van der Waals surface area contributed by atoms with Gasteiger partial charge in [-0.25, -0.2) is 4.79 Å². The van der Waals surface area contributed by atoms with Crippen LogP contribution in [0.3, 0.4) is 0 Å². The number of hydrogen-bond acceptors (Lipinski definition) is 5. The first-order valence-electron chi connectivity index (χ1n) is 4.21. The molecule has 0 aliphatic carbocycles. The highest BCUT2D eigenvalue weighted by Gasteiger charge is 2.16. The molecule has 5 nitrogen and oxygen atoms in total. The minimum atomic E-state index is -1.89. The van der Waals surface area contributed by atoms with Crippen LogP contribution in [0.1, 0.15) is 20.8 Å². The van der Waals surface area contributed by atoms with Gasteiger partial charge in [-0.05, 0) is 20.8 Å². The SMILES string of the molecule is CC(C)=C(C)C(=O)OCC(O)C(O)O. The fourth-order valence-electron chi connectivity index (χ4n) is 0.560. The second kappa shape index (κ2) is 5.74. The molecule has 0 rings (SSSR count). The predicted octanol–water partition coefficient (Wildman–Crippen LogP) is -0.442. The Balaban J connectivity index is 4.05. The van der Waals surface area contributed by atoms with Gasteiger partial charge in [-0.1, -0.05) is 5.57 Å². The zero-order chi connectivity index (χ0) is 11.3. The van der Waals surface area contributed by atoms with E-state index in [9.17, 15) is 4.79 Å². The van der Waals surface area contributed by atoms with Gasteiger partial charge in [-0.2, -0.15) is 0 Å². The van der Waals surface area contributed by atoms with E-state index in [-0.39, 0.29) is 0 Å². The van der Waals surface area contributed by atoms with Crippen molar-refractivity contribution in [3.63, 3.8) is 0 Å². The molecular formula is C9H16O5. The molecule has 3 N–H and O–H groups in total. The molecule has 0 radical (unpaired) electrons. The monoisotopic (exact) mass is 204 g/mol. The molecule has 5 heteroatoms. The summed E-state index contributed by atoms with van der Waals surface area (Å²) in [5.74, 6) is -0.565. The van der Waals surface area contributed by atoms with Crippen molar-refractivity contribution in [2.75, 3.05) is 6.61 Å². The van der Waals surface area contributed by atoms with Crippen LogP contribution in [0.2, 0.25) is 0 Å². The van der Waals surface area contributed by atoms with Crippen LogP contribution in [0.4, 0.5) is 0 Å². The highest BCUT2D eigenvalue weighted by atomic mass is 16.6. The smallest absolute Gasteiger partial charge is 0.333 e. The van der Waals surface area contributed by atoms with Gasteiger partial charge >= 0.3 is 5.97 Å². The van der Waals surface area contributed by atoms with Gasteiger partial charge in [0.15, 0.2) is 6.29 Å². The summed E-state index contributed by atoms with van der Waals surface area (Å²) in [5.41, 5.74) is 1.26. The van der Waals surface area contributed by atoms with Crippen LogP contribution in [0.5, 0.6) is 0 Å². The summed E-state index contributed by atoms with van der Waals surface area (Å²) >= 11 is 0. The molecule has 82 valence electrons. The summed E-state index contributed by atoms with van der Waals surface area (Å²) in [7, 11) is 0. The van der Waals surface area contributed by atoms with E-state index in [2.05, 4.69) is 4.74 Å². The summed E-state index contributed by atoms with van der Waals surface area (Å²) in [4.78, 5) is 11.2. The molecule has 0 saturated carbocycles. The molecule has 0 heterocycles. The van der Waals surface area contributed by atoms with Gasteiger partial charge in [0.2, 0.25) is 0 Å². The van der Waals surface area contributed by atoms with Crippen molar-refractivity contribution in [3.8, 4) is 0 Å². The number of ether oxygens (including phenoxy) is 1. The highest BCUT2D eigenvalue weighted by Crippen LogP contribution is 2.04. The molecule has 0 saturated heterocycles. The third kappa shape index (κ3) is 4.36. The van der Waals surface area contributed by atoms with Crippen molar-refractivity contribution in [1.82, 2.24) is 0 Å². The standard InChI is InChI=1S/C9H16O5/c1-5(2)6(3)9(13)14-4-7(10)8(11)12/h7-8,10-12H,4H2,1-3H3. The average Bonchev–Trinajstić information content (AvgIpc) is 2.11. The van der Waals surface area contributed by atoms with Gasteiger partial charge in [-0.15, -0.1) is 0 Å². The highest BCUT2D eigenvalue weighted by molar-refractivity contribution is 5.88. The Morgan fingerprint density at radius 1 is 1.21 bits per heavy atom. The lowest BCUT2D eigenvalue weighted by Crippen LogP contribution is -2.31. The van der Waals surface area contributed by atoms with Gasteiger partial charge in [0.1, 0.15) is 12.7 Å². The second-order valence-corrected chi connectivity index (χ2v) is 3.20. The van der Waals surface area contributed by atoms with Crippen LogP contribution in [0.15, 0.2) is 11.1 Å². The minimum absolute atomic E-state index is 0.429. The first kappa shape index (κ1) is 13.1. The zero-order valence-corrected chi connectivity index (χ0v) is 8.52. The van der Waals surface area contributed by atoms with Crippen molar-refractivity contribution in [2.45, 2.75) is 33.2 Å². The van der Waals surface area contributed by atoms with E-state index in [1.54, 1.807) is 20.8 Å². The average molecular weight is 204 g/mol. The molecule has 0 aromatic rings. The summed E-state index contributed by atoms with van der Waals surface area (Å²) in [5, 5.41) is 25.9. The van der Waals surface area contributed by atoms with Gasteiger partial charge in [-0.3, -0.25) is 0 Å². The first-order chi connectivity index (χ1) is 6.36. The van der Waals surface area contributed by atoms with Crippen LogP contribution in [0, 0.1) is 0 Å². The van der Waals surface area contributed by atoms with Crippen LogP contribution >= 0.6 is 0 Å². The molecule has 0 aliphatic heterocycles. The summed E-state index contributed by atoms with van der Waals surface area (Å²) in [6.45, 7) is 4.68. The quantitative estimate of drug-likeness (QED) is 0.328. The Kier molecular flexibility index (Phi) is 5.37. The van der Waals surface area contributed by atoms with Gasteiger partial charge in [0, 0.05) is 5.57 Å². The van der Waals surface area contributed by atoms with E-state index in [1.165, 1.54) is 0 Å². The Hall–Kier alpha value is -0.910. The summed E-state index contributed by atoms with van der Waals surface area (Å²) < 4.78 is 4.62. The number of carbonyl (C=O) groups is 1. The maximum absolute atomic E-state index is 11.2. The normalized spacial score (nSPS) is 12.5. The van der Waals surface area contributed by atoms with E-state index in [1.807, 2.05) is 0 Å². The fourth-order valence-corrected chi connectivity index (χ4v) is 0.560. The Labute approximate surface area is 82.6 Å². The summed E-state index contributed by atoms with van der Waals surface area (Å²) in [6, 6.07) is 0. The number of aliphatic hydroxyl groups is 3. The topological polar surface area (TPSA) is 87.0 Å². The minimum Gasteiger partial charge on any atom is -0.459 e. The van der Waals surface area contributed by atoms with Crippen molar-refractivity contribution >= 4 is 5.97 Å². The first-order valence-corrected chi connectivity index (χ1v) is 4.21. The van der Waals surface area contributed by atoms with Gasteiger partial charge in [0.05, 0.1) is 0 Å². The van der Waals surface area contributed by atoms with Crippen LogP contribution in [-0.4, -0.2) is 40.3 Å². The van der Waals surface area contributed by atoms with Crippen molar-refractivity contribution in [2.24, 2.45) is 0 Å². The number of rotatable bonds is 4. The second-order valence-electron chi connectivity index (χ2n) is 3.20. The molecule has 1 atom stereocenters. The lowest BCUT2D eigenvalue weighted by Gasteiger charge is -2.13. The largest absolute Gasteiger partial charge is 0.459 e. The van der Waals surface area contributed by atoms with Gasteiger partial charge in [0.25, 0.3) is 0 Å². The third-order valence-corrected chi connectivity index (χ3v) is 1.79. The van der Waals surface area contributed by atoms with Crippen molar-refractivity contribution < 1.29 is 24.9 Å². The number of esters is 1. The van der Waals surface area contributed by atoms with E-state index in [0.717, 1.165) is 5.57 Å². The van der Waals surface area contributed by atoms with E-state index < -0.39 is 25.0 Å². The van der Waals surface area contributed by atoms with Crippen molar-refractivity contribution in [3.05, 3.63) is 11.1 Å².